The van der Waals surface area contributed by atoms with Crippen molar-refractivity contribution in [1.29, 1.82) is 0 Å². The van der Waals surface area contributed by atoms with Crippen LogP contribution in [-0.2, 0) is 20.7 Å². The standard InChI is InChI=1S/C26H27N3O4/c30-25(29-16-14-28(15-17-29)24-12-6-7-13-27-24)19-33-26(31)20-32-23-11-5-4-10-22(23)18-21-8-2-1-3-9-21/h1-13H,14-20H2. The molecule has 2 heterocycles. The molecule has 0 N–H and O–H groups in total. The van der Waals surface area contributed by atoms with Crippen LogP contribution in [0.5, 0.6) is 5.75 Å². The van der Waals surface area contributed by atoms with Gasteiger partial charge in [-0.05, 0) is 29.3 Å². The van der Waals surface area contributed by atoms with Crippen LogP contribution < -0.4 is 9.64 Å². The van der Waals surface area contributed by atoms with Crippen LogP contribution in [0.15, 0.2) is 79.0 Å². The van der Waals surface area contributed by atoms with Crippen molar-refractivity contribution in [2.24, 2.45) is 0 Å². The molecule has 1 amide bonds. The van der Waals surface area contributed by atoms with Crippen LogP contribution in [0.3, 0.4) is 0 Å². The molecule has 0 aliphatic carbocycles. The van der Waals surface area contributed by atoms with Crippen LogP contribution in [0, 0.1) is 0 Å². The first-order valence-electron chi connectivity index (χ1n) is 11.0. The van der Waals surface area contributed by atoms with Crippen molar-refractivity contribution < 1.29 is 19.1 Å². The third kappa shape index (κ3) is 6.32. The number of piperazine rings is 1. The SMILES string of the molecule is O=C(COc1ccccc1Cc1ccccc1)OCC(=O)N1CCN(c2ccccn2)CC1. The summed E-state index contributed by atoms with van der Waals surface area (Å²) in [5.41, 5.74) is 2.14. The lowest BCUT2D eigenvalue weighted by Crippen LogP contribution is -2.50. The average Bonchev–Trinajstić information content (AvgIpc) is 2.88. The van der Waals surface area contributed by atoms with Gasteiger partial charge in [0.15, 0.2) is 13.2 Å². The molecule has 0 spiro atoms. The normalized spacial score (nSPS) is 13.5. The summed E-state index contributed by atoms with van der Waals surface area (Å²) in [6, 6.07) is 23.4. The number of rotatable bonds is 8. The predicted molar refractivity (Wildman–Crippen MR) is 125 cm³/mol. The Labute approximate surface area is 193 Å². The number of hydrogen-bond acceptors (Lipinski definition) is 6. The van der Waals surface area contributed by atoms with Gasteiger partial charge in [0.25, 0.3) is 5.91 Å². The highest BCUT2D eigenvalue weighted by molar-refractivity contribution is 5.81. The van der Waals surface area contributed by atoms with Crippen LogP contribution >= 0.6 is 0 Å². The summed E-state index contributed by atoms with van der Waals surface area (Å²) in [7, 11) is 0. The summed E-state index contributed by atoms with van der Waals surface area (Å²) in [6.07, 6.45) is 2.46. The second-order valence-corrected chi connectivity index (χ2v) is 7.78. The Morgan fingerprint density at radius 2 is 1.55 bits per heavy atom. The lowest BCUT2D eigenvalue weighted by atomic mass is 10.0. The minimum atomic E-state index is -0.565. The fraction of sp³-hybridized carbons (Fsp3) is 0.269. The van der Waals surface area contributed by atoms with Gasteiger partial charge in [0.1, 0.15) is 11.6 Å². The van der Waals surface area contributed by atoms with Crippen molar-refractivity contribution in [3.8, 4) is 5.75 Å². The molecule has 33 heavy (non-hydrogen) atoms. The number of anilines is 1. The molecule has 7 heteroatoms. The highest BCUT2D eigenvalue weighted by atomic mass is 16.6. The molecular formula is C26H27N3O4. The van der Waals surface area contributed by atoms with Crippen molar-refractivity contribution >= 4 is 17.7 Å². The topological polar surface area (TPSA) is 72.0 Å². The summed E-state index contributed by atoms with van der Waals surface area (Å²) < 4.78 is 10.9. The average molecular weight is 446 g/mol. The molecule has 1 aliphatic heterocycles. The number of benzene rings is 2. The van der Waals surface area contributed by atoms with Gasteiger partial charge in [-0.25, -0.2) is 9.78 Å². The Morgan fingerprint density at radius 1 is 0.818 bits per heavy atom. The molecule has 0 saturated carbocycles. The van der Waals surface area contributed by atoms with Crippen LogP contribution in [0.2, 0.25) is 0 Å². The number of pyridine rings is 1. The number of amides is 1. The summed E-state index contributed by atoms with van der Waals surface area (Å²) in [4.78, 5) is 32.8. The molecular weight excluding hydrogens is 418 g/mol. The summed E-state index contributed by atoms with van der Waals surface area (Å²) in [6.45, 7) is 1.99. The predicted octanol–water partition coefficient (Wildman–Crippen LogP) is 2.94. The highest BCUT2D eigenvalue weighted by Gasteiger charge is 2.22. The number of para-hydroxylation sites is 1. The first-order chi connectivity index (χ1) is 16.2. The third-order valence-electron chi connectivity index (χ3n) is 5.52. The molecule has 4 rings (SSSR count). The van der Waals surface area contributed by atoms with Crippen LogP contribution in [0.1, 0.15) is 11.1 Å². The minimum absolute atomic E-state index is 0.200. The molecule has 7 nitrogen and oxygen atoms in total. The van der Waals surface area contributed by atoms with Gasteiger partial charge in [0.05, 0.1) is 0 Å². The van der Waals surface area contributed by atoms with Gasteiger partial charge in [-0.1, -0.05) is 54.6 Å². The third-order valence-corrected chi connectivity index (χ3v) is 5.52. The van der Waals surface area contributed by atoms with E-state index in [-0.39, 0.29) is 19.1 Å². The molecule has 170 valence electrons. The Kier molecular flexibility index (Phi) is 7.53. The van der Waals surface area contributed by atoms with Crippen LogP contribution in [-0.4, -0.2) is 61.2 Å². The Hall–Kier alpha value is -3.87. The first-order valence-corrected chi connectivity index (χ1v) is 11.0. The van der Waals surface area contributed by atoms with E-state index < -0.39 is 5.97 Å². The van der Waals surface area contributed by atoms with Gasteiger partial charge in [0.2, 0.25) is 0 Å². The Morgan fingerprint density at radius 3 is 2.30 bits per heavy atom. The quantitative estimate of drug-likeness (QED) is 0.497. The van der Waals surface area contributed by atoms with E-state index in [4.69, 9.17) is 9.47 Å². The zero-order valence-corrected chi connectivity index (χ0v) is 18.4. The largest absolute Gasteiger partial charge is 0.482 e. The Bertz CT molecular complexity index is 1050. The maximum Gasteiger partial charge on any atom is 0.344 e. The molecule has 2 aromatic carbocycles. The molecule has 1 aromatic heterocycles. The zero-order valence-electron chi connectivity index (χ0n) is 18.4. The van der Waals surface area contributed by atoms with Gasteiger partial charge in [-0.2, -0.15) is 0 Å². The number of carbonyl (C=O) groups excluding carboxylic acids is 2. The maximum atomic E-state index is 12.5. The van der Waals surface area contributed by atoms with Gasteiger partial charge >= 0.3 is 5.97 Å². The molecule has 1 aliphatic rings. The fourth-order valence-electron chi connectivity index (χ4n) is 3.74. The molecule has 0 unspecified atom stereocenters. The maximum absolute atomic E-state index is 12.5. The molecule has 3 aromatic rings. The van der Waals surface area contributed by atoms with E-state index in [0.29, 0.717) is 38.3 Å². The number of esters is 1. The van der Waals surface area contributed by atoms with Gasteiger partial charge in [0, 0.05) is 38.8 Å². The van der Waals surface area contributed by atoms with E-state index in [1.54, 1.807) is 11.1 Å². The monoisotopic (exact) mass is 445 g/mol. The lowest BCUT2D eigenvalue weighted by molar-refractivity contribution is -0.153. The van der Waals surface area contributed by atoms with Gasteiger partial charge in [-0.15, -0.1) is 0 Å². The second-order valence-electron chi connectivity index (χ2n) is 7.78. The van der Waals surface area contributed by atoms with Crippen molar-refractivity contribution in [3.05, 3.63) is 90.1 Å². The smallest absolute Gasteiger partial charge is 0.344 e. The van der Waals surface area contributed by atoms with Crippen molar-refractivity contribution in [3.63, 3.8) is 0 Å². The Balaban J connectivity index is 1.21. The summed E-state index contributed by atoms with van der Waals surface area (Å²) in [5.74, 6) is 0.773. The van der Waals surface area contributed by atoms with Crippen molar-refractivity contribution in [2.45, 2.75) is 6.42 Å². The lowest BCUT2D eigenvalue weighted by Gasteiger charge is -2.35. The van der Waals surface area contributed by atoms with E-state index in [2.05, 4.69) is 9.88 Å². The highest BCUT2D eigenvalue weighted by Crippen LogP contribution is 2.21. The van der Waals surface area contributed by atoms with Gasteiger partial charge < -0.3 is 19.3 Å². The molecule has 1 fully saturated rings. The summed E-state index contributed by atoms with van der Waals surface area (Å²) >= 11 is 0. The second kappa shape index (κ2) is 11.1. The van der Waals surface area contributed by atoms with Crippen molar-refractivity contribution in [1.82, 2.24) is 9.88 Å². The molecule has 0 bridgehead atoms. The van der Waals surface area contributed by atoms with E-state index in [1.807, 2.05) is 72.8 Å². The van der Waals surface area contributed by atoms with Crippen molar-refractivity contribution in [2.75, 3.05) is 44.3 Å². The van der Waals surface area contributed by atoms with E-state index >= 15 is 0 Å². The molecule has 0 radical (unpaired) electrons. The fourth-order valence-corrected chi connectivity index (χ4v) is 3.74. The number of ether oxygens (including phenoxy) is 2. The van der Waals surface area contributed by atoms with Gasteiger partial charge in [-0.3, -0.25) is 4.79 Å². The minimum Gasteiger partial charge on any atom is -0.482 e. The molecule has 1 saturated heterocycles. The number of nitrogens with zero attached hydrogens (tertiary/aromatic N) is 3. The number of carbonyl (C=O) groups is 2. The summed E-state index contributed by atoms with van der Waals surface area (Å²) in [5, 5.41) is 0. The molecule has 0 atom stereocenters. The zero-order chi connectivity index (χ0) is 22.9. The van der Waals surface area contributed by atoms with E-state index in [0.717, 1.165) is 16.9 Å². The van der Waals surface area contributed by atoms with E-state index in [1.165, 1.54) is 0 Å². The van der Waals surface area contributed by atoms with Crippen LogP contribution in [0.25, 0.3) is 0 Å². The van der Waals surface area contributed by atoms with Crippen LogP contribution in [0.4, 0.5) is 5.82 Å². The van der Waals surface area contributed by atoms with E-state index in [9.17, 15) is 9.59 Å². The first kappa shape index (κ1) is 22.3. The number of aromatic nitrogens is 1. The number of hydrogen-bond donors (Lipinski definition) is 0.